The lowest BCUT2D eigenvalue weighted by Crippen LogP contribution is -2.28. The second-order valence-electron chi connectivity index (χ2n) is 10.9. The van der Waals surface area contributed by atoms with Crippen LogP contribution in [0.2, 0.25) is 0 Å². The van der Waals surface area contributed by atoms with Crippen molar-refractivity contribution in [3.05, 3.63) is 165 Å². The zero-order valence-electron chi connectivity index (χ0n) is 21.6. The lowest BCUT2D eigenvalue weighted by atomic mass is 9.60. The molecule has 7 aromatic rings. The molecule has 0 saturated heterocycles. The Hall–Kier alpha value is -4.40. The normalized spacial score (nSPS) is 16.6. The molecule has 6 aromatic carbocycles. The molecule has 0 atom stereocenters. The minimum atomic E-state index is 0.227. The minimum Gasteiger partial charge on any atom is -0.456 e. The van der Waals surface area contributed by atoms with E-state index in [9.17, 15) is 0 Å². The molecule has 0 radical (unpaired) electrons. The third kappa shape index (κ3) is 2.97. The Morgan fingerprint density at radius 1 is 0.450 bits per heavy atom. The van der Waals surface area contributed by atoms with Gasteiger partial charge in [0.2, 0.25) is 0 Å². The van der Waals surface area contributed by atoms with E-state index >= 15 is 0 Å². The van der Waals surface area contributed by atoms with Crippen LogP contribution < -0.4 is 0 Å². The molecule has 0 aliphatic heterocycles. The summed E-state index contributed by atoms with van der Waals surface area (Å²) in [6, 6.07) is 46.4. The summed E-state index contributed by atoms with van der Waals surface area (Å²) in [5.74, 6) is 0.471. The average molecular weight is 576 g/mol. The molecule has 3 aliphatic carbocycles. The highest BCUT2D eigenvalue weighted by Gasteiger charge is 2.43. The maximum atomic E-state index is 6.16. The van der Waals surface area contributed by atoms with E-state index in [4.69, 9.17) is 4.42 Å². The number of halogens is 1. The van der Waals surface area contributed by atoms with Gasteiger partial charge in [-0.2, -0.15) is 0 Å². The zero-order chi connectivity index (χ0) is 26.4. The Labute approximate surface area is 240 Å². The highest BCUT2D eigenvalue weighted by atomic mass is 79.9. The molecule has 0 fully saturated rings. The summed E-state index contributed by atoms with van der Waals surface area (Å²) in [6.07, 6.45) is 0. The molecule has 0 saturated carbocycles. The first-order valence-electron chi connectivity index (χ1n) is 13.8. The van der Waals surface area contributed by atoms with Crippen LogP contribution in [0.15, 0.2) is 136 Å². The Bertz CT molecular complexity index is 2090. The molecule has 40 heavy (non-hydrogen) atoms. The van der Waals surface area contributed by atoms with Gasteiger partial charge < -0.3 is 4.42 Å². The molecule has 1 nitrogen and oxygen atoms in total. The predicted octanol–water partition coefficient (Wildman–Crippen LogP) is 10.7. The summed E-state index contributed by atoms with van der Waals surface area (Å²) >= 11 is 3.97. The summed E-state index contributed by atoms with van der Waals surface area (Å²) in [5.41, 5.74) is 15.4. The Kier molecular flexibility index (Phi) is 4.65. The molecular weight excluding hydrogens is 552 g/mol. The second-order valence-corrected chi connectivity index (χ2v) is 11.8. The lowest BCUT2D eigenvalue weighted by Gasteiger charge is -2.43. The monoisotopic (exact) mass is 574 g/mol. The summed E-state index contributed by atoms with van der Waals surface area (Å²) < 4.78 is 7.36. The van der Waals surface area contributed by atoms with E-state index < -0.39 is 0 Å². The van der Waals surface area contributed by atoms with Crippen molar-refractivity contribution in [2.45, 2.75) is 11.8 Å². The van der Waals surface area contributed by atoms with Crippen LogP contribution in [0.5, 0.6) is 0 Å². The van der Waals surface area contributed by atoms with Gasteiger partial charge in [-0.3, -0.25) is 0 Å². The molecule has 0 unspecified atom stereocenters. The third-order valence-electron chi connectivity index (χ3n) is 8.96. The molecule has 0 spiro atoms. The fraction of sp³-hybridized carbons (Fsp3) is 0.0526. The van der Waals surface area contributed by atoms with Crippen molar-refractivity contribution in [1.82, 2.24) is 0 Å². The van der Waals surface area contributed by atoms with Gasteiger partial charge in [0.25, 0.3) is 0 Å². The number of hydrogen-bond acceptors (Lipinski definition) is 1. The lowest BCUT2D eigenvalue weighted by molar-refractivity contribution is 0.669. The quantitative estimate of drug-likeness (QED) is 0.200. The molecule has 1 heterocycles. The number of fused-ring (bicyclic) bond motifs is 3. The van der Waals surface area contributed by atoms with Crippen LogP contribution in [0, 0.1) is 0 Å². The van der Waals surface area contributed by atoms with Gasteiger partial charge in [0.15, 0.2) is 0 Å². The summed E-state index contributed by atoms with van der Waals surface area (Å²) in [5, 5.41) is 2.34. The van der Waals surface area contributed by atoms with Gasteiger partial charge in [-0.25, -0.2) is 0 Å². The molecule has 2 heteroatoms. The smallest absolute Gasteiger partial charge is 0.136 e. The molecule has 10 rings (SSSR count). The first-order chi connectivity index (χ1) is 19.8. The SMILES string of the molecule is Brc1ccc(-c2ccc(-c3cccc4oc5ccccc5c34)cc2)c2c1C1c3ccccc3C2c2ccccc21. The standard InChI is InChI=1S/C38H23BrO/c39-31-21-20-25(37-35-26-8-1-3-10-28(26)36(38(31)37)29-11-4-2-9-27(29)35)23-18-16-22(17-19-23)24-13-7-15-33-34(24)30-12-5-6-14-32(30)40-33/h1-21,35-36H. The number of rotatable bonds is 2. The fourth-order valence-electron chi connectivity index (χ4n) is 7.34. The van der Waals surface area contributed by atoms with Crippen molar-refractivity contribution in [3.63, 3.8) is 0 Å². The van der Waals surface area contributed by atoms with Gasteiger partial charge in [0.05, 0.1) is 0 Å². The van der Waals surface area contributed by atoms with Crippen molar-refractivity contribution in [3.8, 4) is 22.3 Å². The molecule has 2 bridgehead atoms. The van der Waals surface area contributed by atoms with Crippen LogP contribution >= 0.6 is 15.9 Å². The van der Waals surface area contributed by atoms with E-state index in [1.165, 1.54) is 65.5 Å². The van der Waals surface area contributed by atoms with E-state index in [1.54, 1.807) is 0 Å². The summed E-state index contributed by atoms with van der Waals surface area (Å²) in [7, 11) is 0. The minimum absolute atomic E-state index is 0.227. The summed E-state index contributed by atoms with van der Waals surface area (Å²) in [4.78, 5) is 0. The van der Waals surface area contributed by atoms with Crippen molar-refractivity contribution < 1.29 is 4.42 Å². The van der Waals surface area contributed by atoms with Crippen molar-refractivity contribution >= 4 is 37.9 Å². The Morgan fingerprint density at radius 3 is 1.68 bits per heavy atom. The largest absolute Gasteiger partial charge is 0.456 e. The van der Waals surface area contributed by atoms with Gasteiger partial charge in [-0.1, -0.05) is 125 Å². The maximum Gasteiger partial charge on any atom is 0.136 e. The van der Waals surface area contributed by atoms with Crippen LogP contribution in [-0.4, -0.2) is 0 Å². The molecule has 3 aliphatic rings. The van der Waals surface area contributed by atoms with Crippen LogP contribution in [0.1, 0.15) is 45.2 Å². The number of para-hydroxylation sites is 1. The van der Waals surface area contributed by atoms with Gasteiger partial charge in [-0.15, -0.1) is 0 Å². The van der Waals surface area contributed by atoms with E-state index in [2.05, 4.69) is 131 Å². The molecular formula is C38H23BrO. The topological polar surface area (TPSA) is 13.1 Å². The van der Waals surface area contributed by atoms with Crippen LogP contribution in [0.4, 0.5) is 0 Å². The average Bonchev–Trinajstić information content (AvgIpc) is 3.40. The van der Waals surface area contributed by atoms with E-state index in [0.29, 0.717) is 0 Å². The van der Waals surface area contributed by atoms with E-state index in [1.807, 2.05) is 12.1 Å². The maximum absolute atomic E-state index is 6.16. The second kappa shape index (κ2) is 8.30. The summed E-state index contributed by atoms with van der Waals surface area (Å²) in [6.45, 7) is 0. The first kappa shape index (κ1) is 22.4. The fourth-order valence-corrected chi connectivity index (χ4v) is 7.92. The Morgan fingerprint density at radius 2 is 1.00 bits per heavy atom. The molecule has 1 aromatic heterocycles. The number of furan rings is 1. The van der Waals surface area contributed by atoms with Gasteiger partial charge in [0, 0.05) is 27.1 Å². The molecule has 0 N–H and O–H groups in total. The zero-order valence-corrected chi connectivity index (χ0v) is 23.2. The van der Waals surface area contributed by atoms with Gasteiger partial charge >= 0.3 is 0 Å². The first-order valence-corrected chi connectivity index (χ1v) is 14.6. The van der Waals surface area contributed by atoms with Crippen molar-refractivity contribution in [2.24, 2.45) is 0 Å². The van der Waals surface area contributed by atoms with Crippen molar-refractivity contribution in [2.75, 3.05) is 0 Å². The van der Waals surface area contributed by atoms with Crippen LogP contribution in [0.25, 0.3) is 44.2 Å². The predicted molar refractivity (Wildman–Crippen MR) is 167 cm³/mol. The van der Waals surface area contributed by atoms with Gasteiger partial charge in [-0.05, 0) is 73.8 Å². The third-order valence-corrected chi connectivity index (χ3v) is 9.65. The van der Waals surface area contributed by atoms with Crippen LogP contribution in [-0.2, 0) is 0 Å². The van der Waals surface area contributed by atoms with E-state index in [0.717, 1.165) is 16.6 Å². The van der Waals surface area contributed by atoms with Crippen molar-refractivity contribution in [1.29, 1.82) is 0 Å². The van der Waals surface area contributed by atoms with Gasteiger partial charge in [0.1, 0.15) is 11.2 Å². The van der Waals surface area contributed by atoms with Crippen LogP contribution in [0.3, 0.4) is 0 Å². The number of benzene rings is 6. The number of hydrogen-bond donors (Lipinski definition) is 0. The highest BCUT2D eigenvalue weighted by molar-refractivity contribution is 9.10. The highest BCUT2D eigenvalue weighted by Crippen LogP contribution is 2.59. The Balaban J connectivity index is 1.23. The van der Waals surface area contributed by atoms with E-state index in [-0.39, 0.29) is 11.8 Å². The molecule has 0 amide bonds. The molecule has 188 valence electrons.